The molecule has 134 valence electrons. The van der Waals surface area contributed by atoms with Crippen LogP contribution in [0.3, 0.4) is 0 Å². The molecule has 0 unspecified atom stereocenters. The Morgan fingerprint density at radius 1 is 1.00 bits per heavy atom. The van der Waals surface area contributed by atoms with Crippen molar-refractivity contribution >= 4 is 11.6 Å². The first kappa shape index (κ1) is 17.4. The minimum Gasteiger partial charge on any atom is -0.497 e. The number of carbonyl (C=O) groups is 1. The van der Waals surface area contributed by atoms with E-state index < -0.39 is 0 Å². The van der Waals surface area contributed by atoms with E-state index >= 15 is 0 Å². The first-order valence-electron chi connectivity index (χ1n) is 7.99. The van der Waals surface area contributed by atoms with Crippen LogP contribution in [0.1, 0.15) is 16.1 Å². The molecule has 0 aliphatic heterocycles. The molecule has 1 heterocycles. The normalized spacial score (nSPS) is 10.2. The molecule has 0 saturated carbocycles. The second-order valence-electron chi connectivity index (χ2n) is 5.40. The van der Waals surface area contributed by atoms with E-state index in [0.717, 1.165) is 5.75 Å². The van der Waals surface area contributed by atoms with Crippen LogP contribution in [0.4, 0.5) is 5.69 Å². The van der Waals surface area contributed by atoms with Gasteiger partial charge in [0, 0.05) is 11.6 Å². The first-order chi connectivity index (χ1) is 12.7. The van der Waals surface area contributed by atoms with Crippen LogP contribution in [0.2, 0.25) is 0 Å². The zero-order valence-corrected chi connectivity index (χ0v) is 14.5. The number of nitrogens with one attached hydrogen (secondary N) is 1. The summed E-state index contributed by atoms with van der Waals surface area (Å²) >= 11 is 0. The van der Waals surface area contributed by atoms with Crippen molar-refractivity contribution in [3.8, 4) is 17.2 Å². The van der Waals surface area contributed by atoms with Crippen LogP contribution in [-0.4, -0.2) is 20.1 Å². The third-order valence-electron chi connectivity index (χ3n) is 3.75. The minimum atomic E-state index is -0.384. The molecule has 1 amide bonds. The number of hydrogen-bond donors (Lipinski definition) is 1. The average molecular weight is 353 g/mol. The van der Waals surface area contributed by atoms with Crippen molar-refractivity contribution in [1.82, 2.24) is 0 Å². The molecule has 0 aliphatic rings. The molecule has 6 heteroatoms. The van der Waals surface area contributed by atoms with Crippen LogP contribution >= 0.6 is 0 Å². The van der Waals surface area contributed by atoms with Gasteiger partial charge in [0.2, 0.25) is 0 Å². The summed E-state index contributed by atoms with van der Waals surface area (Å²) in [6.45, 7) is 0.225. The van der Waals surface area contributed by atoms with E-state index in [1.54, 1.807) is 31.4 Å². The molecule has 1 aromatic heterocycles. The van der Waals surface area contributed by atoms with Crippen molar-refractivity contribution in [2.45, 2.75) is 6.61 Å². The lowest BCUT2D eigenvalue weighted by Gasteiger charge is -2.11. The fourth-order valence-electron chi connectivity index (χ4n) is 2.41. The Labute approximate surface area is 151 Å². The monoisotopic (exact) mass is 353 g/mol. The van der Waals surface area contributed by atoms with Gasteiger partial charge in [0.25, 0.3) is 5.91 Å². The predicted octanol–water partition coefficient (Wildman–Crippen LogP) is 4.13. The molecule has 0 fully saturated rings. The van der Waals surface area contributed by atoms with E-state index in [2.05, 4.69) is 5.32 Å². The molecular formula is C20H19NO5. The summed E-state index contributed by atoms with van der Waals surface area (Å²) in [5.74, 6) is 1.65. The van der Waals surface area contributed by atoms with Crippen LogP contribution in [0.15, 0.2) is 65.3 Å². The van der Waals surface area contributed by atoms with Gasteiger partial charge in [0.1, 0.15) is 23.9 Å². The molecule has 0 aliphatic carbocycles. The van der Waals surface area contributed by atoms with Crippen LogP contribution in [0, 0.1) is 0 Å². The van der Waals surface area contributed by atoms with E-state index in [4.69, 9.17) is 18.6 Å². The highest BCUT2D eigenvalue weighted by Crippen LogP contribution is 2.29. The zero-order chi connectivity index (χ0) is 18.4. The van der Waals surface area contributed by atoms with E-state index in [-0.39, 0.29) is 18.3 Å². The summed E-state index contributed by atoms with van der Waals surface area (Å²) in [6.07, 6.45) is 1.46. The van der Waals surface area contributed by atoms with Crippen LogP contribution in [0.5, 0.6) is 17.2 Å². The number of methoxy groups -OCH3 is 2. The number of para-hydroxylation sites is 1. The van der Waals surface area contributed by atoms with Gasteiger partial charge in [-0.25, -0.2) is 0 Å². The molecule has 3 rings (SSSR count). The lowest BCUT2D eigenvalue weighted by Crippen LogP contribution is -2.14. The Bertz CT molecular complexity index is 873. The number of rotatable bonds is 7. The smallest absolute Gasteiger partial charge is 0.291 e. The molecule has 3 aromatic rings. The molecule has 0 saturated heterocycles. The van der Waals surface area contributed by atoms with Crippen LogP contribution in [-0.2, 0) is 6.61 Å². The minimum absolute atomic E-state index is 0.193. The van der Waals surface area contributed by atoms with Gasteiger partial charge in [-0.3, -0.25) is 4.79 Å². The summed E-state index contributed by atoms with van der Waals surface area (Å²) in [5.41, 5.74) is 1.17. The van der Waals surface area contributed by atoms with Gasteiger partial charge >= 0.3 is 0 Å². The highest BCUT2D eigenvalue weighted by atomic mass is 16.5. The molecule has 6 nitrogen and oxygen atoms in total. The molecule has 0 bridgehead atoms. The summed E-state index contributed by atoms with van der Waals surface area (Å²) in [7, 11) is 3.09. The highest BCUT2D eigenvalue weighted by Gasteiger charge is 2.18. The number of benzene rings is 2. The molecule has 0 atom stereocenters. The van der Waals surface area contributed by atoms with Gasteiger partial charge in [-0.2, -0.15) is 0 Å². The van der Waals surface area contributed by atoms with Crippen molar-refractivity contribution in [2.24, 2.45) is 0 Å². The number of anilines is 1. The summed E-state index contributed by atoms with van der Waals surface area (Å²) in [4.78, 5) is 12.6. The van der Waals surface area contributed by atoms with Gasteiger partial charge in [0.15, 0.2) is 5.76 Å². The maximum Gasteiger partial charge on any atom is 0.291 e. The Morgan fingerprint density at radius 3 is 2.54 bits per heavy atom. The summed E-state index contributed by atoms with van der Waals surface area (Å²) in [5, 5.41) is 2.78. The summed E-state index contributed by atoms with van der Waals surface area (Å²) in [6, 6.07) is 16.2. The lowest BCUT2D eigenvalue weighted by atomic mass is 10.2. The van der Waals surface area contributed by atoms with E-state index in [9.17, 15) is 4.79 Å². The van der Waals surface area contributed by atoms with Crippen molar-refractivity contribution in [3.05, 3.63) is 72.2 Å². The molecule has 26 heavy (non-hydrogen) atoms. The van der Waals surface area contributed by atoms with Gasteiger partial charge in [-0.15, -0.1) is 0 Å². The first-order valence-corrected chi connectivity index (χ1v) is 7.99. The molecule has 0 spiro atoms. The third kappa shape index (κ3) is 3.97. The van der Waals surface area contributed by atoms with Crippen LogP contribution < -0.4 is 19.5 Å². The van der Waals surface area contributed by atoms with Crippen LogP contribution in [0.25, 0.3) is 0 Å². The number of hydrogen-bond acceptors (Lipinski definition) is 5. The van der Waals surface area contributed by atoms with Crippen molar-refractivity contribution in [2.75, 3.05) is 19.5 Å². The Balaban J connectivity index is 1.72. The topological polar surface area (TPSA) is 69.9 Å². The average Bonchev–Trinajstić information content (AvgIpc) is 3.16. The Hall–Kier alpha value is -3.41. The predicted molar refractivity (Wildman–Crippen MR) is 97.0 cm³/mol. The largest absolute Gasteiger partial charge is 0.497 e. The van der Waals surface area contributed by atoms with Gasteiger partial charge < -0.3 is 23.9 Å². The lowest BCUT2D eigenvalue weighted by molar-refractivity contribution is 0.0993. The fraction of sp³-hybridized carbons (Fsp3) is 0.150. The van der Waals surface area contributed by atoms with Crippen molar-refractivity contribution < 1.29 is 23.4 Å². The highest BCUT2D eigenvalue weighted by molar-refractivity contribution is 6.04. The molecular weight excluding hydrogens is 334 g/mol. The third-order valence-corrected chi connectivity index (χ3v) is 3.75. The maximum absolute atomic E-state index is 12.6. The van der Waals surface area contributed by atoms with E-state index in [0.29, 0.717) is 22.7 Å². The fourth-order valence-corrected chi connectivity index (χ4v) is 2.41. The van der Waals surface area contributed by atoms with Crippen molar-refractivity contribution in [3.63, 3.8) is 0 Å². The van der Waals surface area contributed by atoms with E-state index in [1.807, 2.05) is 30.3 Å². The van der Waals surface area contributed by atoms with Gasteiger partial charge in [-0.05, 0) is 30.3 Å². The SMILES string of the molecule is COc1ccc(NC(=O)c2occc2COc2ccccc2)c(OC)c1. The number of carbonyl (C=O) groups excluding carboxylic acids is 1. The van der Waals surface area contributed by atoms with Crippen molar-refractivity contribution in [1.29, 1.82) is 0 Å². The second kappa shape index (κ2) is 8.11. The van der Waals surface area contributed by atoms with Gasteiger partial charge in [0.05, 0.1) is 26.2 Å². The number of furan rings is 1. The Kier molecular flexibility index (Phi) is 5.43. The molecule has 0 radical (unpaired) electrons. The maximum atomic E-state index is 12.6. The second-order valence-corrected chi connectivity index (χ2v) is 5.40. The Morgan fingerprint density at radius 2 is 1.81 bits per heavy atom. The molecule has 1 N–H and O–H groups in total. The van der Waals surface area contributed by atoms with E-state index in [1.165, 1.54) is 13.4 Å². The summed E-state index contributed by atoms with van der Waals surface area (Å²) < 4.78 is 21.5. The standard InChI is InChI=1S/C20H19NO5/c1-23-16-8-9-17(18(12-16)24-2)21-20(22)19-14(10-11-25-19)13-26-15-6-4-3-5-7-15/h3-12H,13H2,1-2H3,(H,21,22). The zero-order valence-electron chi connectivity index (χ0n) is 14.5. The number of amides is 1. The quantitative estimate of drug-likeness (QED) is 0.692. The molecule has 2 aromatic carbocycles. The van der Waals surface area contributed by atoms with Gasteiger partial charge in [-0.1, -0.05) is 18.2 Å². The number of ether oxygens (including phenoxy) is 3.